The lowest BCUT2D eigenvalue weighted by Crippen LogP contribution is -2.35. The molecule has 0 bridgehead atoms. The number of hydrogen-bond acceptors (Lipinski definition) is 6. The normalized spacial score (nSPS) is 19.3. The Morgan fingerprint density at radius 3 is 2.52 bits per heavy atom. The van der Waals surface area contributed by atoms with Gasteiger partial charge in [-0.3, -0.25) is 5.10 Å². The highest BCUT2D eigenvalue weighted by atomic mass is 35.5. The molecule has 0 saturated heterocycles. The summed E-state index contributed by atoms with van der Waals surface area (Å²) < 4.78 is 0. The van der Waals surface area contributed by atoms with Crippen molar-refractivity contribution in [2.24, 2.45) is 5.73 Å². The molecule has 0 aromatic carbocycles. The molecule has 0 amide bonds. The molecule has 23 heavy (non-hydrogen) atoms. The molecule has 128 valence electrons. The van der Waals surface area contributed by atoms with Crippen LogP contribution in [0.1, 0.15) is 41.4 Å². The fourth-order valence-corrected chi connectivity index (χ4v) is 2.70. The highest BCUT2D eigenvalue weighted by Gasteiger charge is 2.29. The number of rotatable bonds is 4. The molecule has 0 radical (unpaired) electrons. The third-order valence-electron chi connectivity index (χ3n) is 4.08. The highest BCUT2D eigenvalue weighted by Crippen LogP contribution is 2.35. The smallest absolute Gasteiger partial charge is 0.222 e. The van der Waals surface area contributed by atoms with Crippen molar-refractivity contribution in [1.82, 2.24) is 20.2 Å². The number of aromatic amines is 1. The van der Waals surface area contributed by atoms with Crippen LogP contribution in [0.5, 0.6) is 0 Å². The first-order valence-corrected chi connectivity index (χ1v) is 7.17. The lowest BCUT2D eigenvalue weighted by molar-refractivity contribution is 0.345. The van der Waals surface area contributed by atoms with Gasteiger partial charge in [-0.1, -0.05) is 0 Å². The van der Waals surface area contributed by atoms with E-state index in [1.54, 1.807) is 0 Å². The van der Waals surface area contributed by atoms with Crippen molar-refractivity contribution < 1.29 is 0 Å². The predicted octanol–water partition coefficient (Wildman–Crippen LogP) is 2.06. The largest absolute Gasteiger partial charge is 0.368 e. The van der Waals surface area contributed by atoms with Gasteiger partial charge in [0.15, 0.2) is 0 Å². The third-order valence-corrected chi connectivity index (χ3v) is 4.08. The Labute approximate surface area is 147 Å². The van der Waals surface area contributed by atoms with E-state index in [4.69, 9.17) is 11.5 Å². The van der Waals surface area contributed by atoms with Gasteiger partial charge in [-0.2, -0.15) is 10.1 Å². The van der Waals surface area contributed by atoms with Gasteiger partial charge in [0.1, 0.15) is 5.82 Å². The zero-order chi connectivity index (χ0) is 15.0. The number of aryl methyl sites for hydroxylation is 2. The Balaban J connectivity index is 0.00000132. The van der Waals surface area contributed by atoms with E-state index in [9.17, 15) is 0 Å². The summed E-state index contributed by atoms with van der Waals surface area (Å²) >= 11 is 0. The minimum Gasteiger partial charge on any atom is -0.368 e. The van der Waals surface area contributed by atoms with E-state index < -0.39 is 0 Å². The summed E-state index contributed by atoms with van der Waals surface area (Å²) in [6.07, 6.45) is 1.94. The molecule has 0 spiro atoms. The van der Waals surface area contributed by atoms with Crippen molar-refractivity contribution in [1.29, 1.82) is 0 Å². The number of nitrogens with one attached hydrogen (secondary N) is 2. The molecule has 9 heteroatoms. The summed E-state index contributed by atoms with van der Waals surface area (Å²) in [6.45, 7) is 4.65. The van der Waals surface area contributed by atoms with Crippen LogP contribution in [-0.2, 0) is 6.54 Å². The Hall–Kier alpha value is -1.57. The molecule has 0 atom stereocenters. The maximum Gasteiger partial charge on any atom is 0.222 e. The second kappa shape index (κ2) is 7.81. The monoisotopic (exact) mass is 359 g/mol. The number of H-pyrrole nitrogens is 1. The number of nitrogen functional groups attached to an aromatic ring is 1. The first-order chi connectivity index (χ1) is 10.0. The average molecular weight is 360 g/mol. The molecule has 6 N–H and O–H groups in total. The minimum absolute atomic E-state index is 0. The number of hydrogen-bond donors (Lipinski definition) is 4. The standard InChI is InChI=1S/C14H21N7.2ClH/c1-7-11(8(2)21-20-7)6-17-13-5-12(18-14(16)19-13)9-3-10(15)4-9;;/h5,9-10H,3-4,6,15H2,1-2H3,(H,20,21)(H3,16,17,18,19);2*1H. The van der Waals surface area contributed by atoms with Crippen LogP contribution in [0, 0.1) is 13.8 Å². The first kappa shape index (κ1) is 19.5. The lowest BCUT2D eigenvalue weighted by atomic mass is 9.78. The number of nitrogens with zero attached hydrogens (tertiary/aromatic N) is 3. The van der Waals surface area contributed by atoms with Gasteiger partial charge in [0.2, 0.25) is 5.95 Å². The number of aromatic nitrogens is 4. The van der Waals surface area contributed by atoms with Crippen molar-refractivity contribution in [2.75, 3.05) is 11.1 Å². The van der Waals surface area contributed by atoms with Gasteiger partial charge < -0.3 is 16.8 Å². The van der Waals surface area contributed by atoms with Crippen LogP contribution in [0.2, 0.25) is 0 Å². The first-order valence-electron chi connectivity index (χ1n) is 7.17. The molecule has 2 heterocycles. The van der Waals surface area contributed by atoms with Gasteiger partial charge in [-0.05, 0) is 26.7 Å². The van der Waals surface area contributed by atoms with Gasteiger partial charge in [0.05, 0.1) is 11.4 Å². The summed E-state index contributed by atoms with van der Waals surface area (Å²) in [5, 5.41) is 10.5. The molecule has 1 fully saturated rings. The van der Waals surface area contributed by atoms with Crippen LogP contribution in [0.15, 0.2) is 6.07 Å². The Bertz CT molecular complexity index is 633. The molecule has 2 aromatic rings. The van der Waals surface area contributed by atoms with Gasteiger partial charge >= 0.3 is 0 Å². The highest BCUT2D eigenvalue weighted by molar-refractivity contribution is 5.85. The van der Waals surface area contributed by atoms with Crippen molar-refractivity contribution in [3.8, 4) is 0 Å². The maximum atomic E-state index is 5.84. The van der Waals surface area contributed by atoms with Gasteiger partial charge in [0.25, 0.3) is 0 Å². The van der Waals surface area contributed by atoms with Crippen LogP contribution in [-0.4, -0.2) is 26.2 Å². The average Bonchev–Trinajstić information content (AvgIpc) is 2.71. The molecule has 2 aromatic heterocycles. The zero-order valence-electron chi connectivity index (χ0n) is 13.2. The van der Waals surface area contributed by atoms with E-state index >= 15 is 0 Å². The van der Waals surface area contributed by atoms with E-state index in [0.717, 1.165) is 41.3 Å². The molecule has 0 aliphatic heterocycles. The van der Waals surface area contributed by atoms with Crippen LogP contribution in [0.3, 0.4) is 0 Å². The van der Waals surface area contributed by atoms with E-state index in [1.165, 1.54) is 0 Å². The van der Waals surface area contributed by atoms with Crippen molar-refractivity contribution in [3.63, 3.8) is 0 Å². The van der Waals surface area contributed by atoms with E-state index in [1.807, 2.05) is 19.9 Å². The Morgan fingerprint density at radius 2 is 1.96 bits per heavy atom. The fourth-order valence-electron chi connectivity index (χ4n) is 2.70. The number of nitrogens with two attached hydrogens (primary N) is 2. The quantitative estimate of drug-likeness (QED) is 0.663. The lowest BCUT2D eigenvalue weighted by Gasteiger charge is -2.32. The third kappa shape index (κ3) is 4.25. The number of anilines is 2. The van der Waals surface area contributed by atoms with Crippen molar-refractivity contribution in [2.45, 2.75) is 45.2 Å². The number of halogens is 2. The van der Waals surface area contributed by atoms with Crippen molar-refractivity contribution in [3.05, 3.63) is 28.7 Å². The Kier molecular flexibility index (Phi) is 6.61. The molecule has 0 unspecified atom stereocenters. The summed E-state index contributed by atoms with van der Waals surface area (Å²) in [6, 6.07) is 2.26. The zero-order valence-corrected chi connectivity index (χ0v) is 14.8. The van der Waals surface area contributed by atoms with E-state index in [-0.39, 0.29) is 24.8 Å². The summed E-state index contributed by atoms with van der Waals surface area (Å²) in [5.74, 6) is 1.46. The van der Waals surface area contributed by atoms with Crippen LogP contribution >= 0.6 is 24.8 Å². The summed E-state index contributed by atoms with van der Waals surface area (Å²) in [7, 11) is 0. The van der Waals surface area contributed by atoms with Gasteiger partial charge in [0, 0.05) is 35.8 Å². The molecule has 1 aliphatic rings. The van der Waals surface area contributed by atoms with E-state index in [0.29, 0.717) is 24.5 Å². The SMILES string of the molecule is Cc1n[nH]c(C)c1CNc1cc(C2CC(N)C2)nc(N)n1.Cl.Cl. The molecule has 1 saturated carbocycles. The predicted molar refractivity (Wildman–Crippen MR) is 96.3 cm³/mol. The van der Waals surface area contributed by atoms with E-state index in [2.05, 4.69) is 25.5 Å². The van der Waals surface area contributed by atoms with Crippen molar-refractivity contribution >= 4 is 36.6 Å². The maximum absolute atomic E-state index is 5.84. The molecular weight excluding hydrogens is 337 g/mol. The molecular formula is C14H23Cl2N7. The second-order valence-corrected chi connectivity index (χ2v) is 5.73. The van der Waals surface area contributed by atoms with Gasteiger partial charge in [-0.15, -0.1) is 24.8 Å². The van der Waals surface area contributed by atoms with Gasteiger partial charge in [-0.25, -0.2) is 4.98 Å². The van der Waals surface area contributed by atoms with Crippen LogP contribution in [0.25, 0.3) is 0 Å². The summed E-state index contributed by atoms with van der Waals surface area (Å²) in [5.41, 5.74) is 15.8. The fraction of sp³-hybridized carbons (Fsp3) is 0.500. The minimum atomic E-state index is 0. The molecule has 1 aliphatic carbocycles. The molecule has 7 nitrogen and oxygen atoms in total. The van der Waals surface area contributed by atoms with Crippen LogP contribution < -0.4 is 16.8 Å². The Morgan fingerprint density at radius 1 is 1.26 bits per heavy atom. The summed E-state index contributed by atoms with van der Waals surface area (Å²) in [4.78, 5) is 8.57. The topological polar surface area (TPSA) is 119 Å². The second-order valence-electron chi connectivity index (χ2n) is 5.73. The van der Waals surface area contributed by atoms with Crippen LogP contribution in [0.4, 0.5) is 11.8 Å². The molecule has 3 rings (SSSR count).